The number of Topliss-reactive ketones (excluding diaryl/α,β-unsaturated/α-hetero) is 1. The van der Waals surface area contributed by atoms with Gasteiger partial charge in [-0.05, 0) is 50.0 Å². The molecule has 0 amide bonds. The molecule has 20 heavy (non-hydrogen) atoms. The quantitative estimate of drug-likeness (QED) is 0.870. The molecule has 114 valence electrons. The number of nitrogens with two attached hydrogens (primary N) is 1. The first-order valence-electron chi connectivity index (χ1n) is 8.14. The minimum Gasteiger partial charge on any atom is -0.375 e. The molecule has 1 atom stereocenters. The molecule has 0 aromatic carbocycles. The monoisotopic (exact) mass is 297 g/mol. The van der Waals surface area contributed by atoms with Crippen molar-refractivity contribution in [3.05, 3.63) is 0 Å². The van der Waals surface area contributed by atoms with E-state index in [1.807, 2.05) is 11.8 Å². The predicted molar refractivity (Wildman–Crippen MR) is 83.0 cm³/mol. The van der Waals surface area contributed by atoms with Gasteiger partial charge in [0.25, 0.3) is 0 Å². The van der Waals surface area contributed by atoms with E-state index in [1.165, 1.54) is 24.3 Å². The summed E-state index contributed by atoms with van der Waals surface area (Å²) in [7, 11) is 0. The topological polar surface area (TPSA) is 52.3 Å². The molecule has 3 rings (SSSR count). The van der Waals surface area contributed by atoms with Crippen LogP contribution < -0.4 is 5.73 Å². The number of ketones is 1. The molecule has 1 aliphatic carbocycles. The maximum absolute atomic E-state index is 12.6. The van der Waals surface area contributed by atoms with E-state index in [-0.39, 0.29) is 17.1 Å². The minimum absolute atomic E-state index is 0.0151. The van der Waals surface area contributed by atoms with Gasteiger partial charge in [-0.2, -0.15) is 11.8 Å². The van der Waals surface area contributed by atoms with E-state index in [2.05, 4.69) is 0 Å². The van der Waals surface area contributed by atoms with Crippen molar-refractivity contribution in [1.82, 2.24) is 0 Å². The van der Waals surface area contributed by atoms with Crippen LogP contribution in [0.4, 0.5) is 0 Å². The van der Waals surface area contributed by atoms with Crippen molar-refractivity contribution in [3.8, 4) is 0 Å². The standard InChI is InChI=1S/C16H27NO2S/c17-15(4-1-2-5-15)12-14(18)13-3-8-19-16(11-13)6-9-20-10-7-16/h13H,1-12,17H2. The molecular formula is C16H27NO2S. The van der Waals surface area contributed by atoms with Gasteiger partial charge in [0, 0.05) is 24.5 Å². The fourth-order valence-corrected chi connectivity index (χ4v) is 5.38. The molecule has 3 nitrogen and oxygen atoms in total. The third-order valence-corrected chi connectivity index (χ3v) is 6.46. The molecule has 0 bridgehead atoms. The van der Waals surface area contributed by atoms with Crippen LogP contribution in [0.15, 0.2) is 0 Å². The smallest absolute Gasteiger partial charge is 0.138 e. The first-order valence-corrected chi connectivity index (χ1v) is 9.30. The largest absolute Gasteiger partial charge is 0.375 e. The Bertz CT molecular complexity index is 354. The number of hydrogen-bond donors (Lipinski definition) is 1. The molecule has 1 unspecified atom stereocenters. The van der Waals surface area contributed by atoms with Gasteiger partial charge in [0.05, 0.1) is 5.60 Å². The maximum Gasteiger partial charge on any atom is 0.138 e. The fourth-order valence-electron chi connectivity index (χ4n) is 4.14. The lowest BCUT2D eigenvalue weighted by Crippen LogP contribution is -2.46. The highest BCUT2D eigenvalue weighted by molar-refractivity contribution is 7.99. The molecular weight excluding hydrogens is 270 g/mol. The summed E-state index contributed by atoms with van der Waals surface area (Å²) in [6.07, 6.45) is 9.14. The summed E-state index contributed by atoms with van der Waals surface area (Å²) >= 11 is 2.01. The first kappa shape index (κ1) is 14.9. The molecule has 1 spiro atoms. The van der Waals surface area contributed by atoms with Gasteiger partial charge in [-0.3, -0.25) is 4.79 Å². The Hall–Kier alpha value is -0.0600. The van der Waals surface area contributed by atoms with Crippen LogP contribution in [-0.4, -0.2) is 35.0 Å². The third-order valence-electron chi connectivity index (χ3n) is 5.48. The van der Waals surface area contributed by atoms with Gasteiger partial charge in [0.1, 0.15) is 5.78 Å². The normalized spacial score (nSPS) is 32.4. The van der Waals surface area contributed by atoms with Gasteiger partial charge in [-0.15, -0.1) is 0 Å². The summed E-state index contributed by atoms with van der Waals surface area (Å²) in [6, 6.07) is 0. The van der Waals surface area contributed by atoms with Crippen LogP contribution in [0.1, 0.15) is 57.8 Å². The highest BCUT2D eigenvalue weighted by Crippen LogP contribution is 2.41. The summed E-state index contributed by atoms with van der Waals surface area (Å²) in [6.45, 7) is 0.763. The molecule has 0 aromatic rings. The van der Waals surface area contributed by atoms with Crippen molar-refractivity contribution in [3.63, 3.8) is 0 Å². The van der Waals surface area contributed by atoms with Crippen LogP contribution in [0, 0.1) is 5.92 Å². The van der Waals surface area contributed by atoms with Gasteiger partial charge >= 0.3 is 0 Å². The van der Waals surface area contributed by atoms with Crippen LogP contribution in [-0.2, 0) is 9.53 Å². The zero-order valence-corrected chi connectivity index (χ0v) is 13.2. The Morgan fingerprint density at radius 2 is 1.90 bits per heavy atom. The van der Waals surface area contributed by atoms with Crippen molar-refractivity contribution in [1.29, 1.82) is 0 Å². The first-order chi connectivity index (χ1) is 9.61. The summed E-state index contributed by atoms with van der Waals surface area (Å²) in [5, 5.41) is 0. The second-order valence-corrected chi connectivity index (χ2v) is 8.27. The average molecular weight is 297 g/mol. The number of ether oxygens (including phenoxy) is 1. The molecule has 3 fully saturated rings. The van der Waals surface area contributed by atoms with Crippen LogP contribution in [0.25, 0.3) is 0 Å². The summed E-state index contributed by atoms with van der Waals surface area (Å²) < 4.78 is 6.09. The van der Waals surface area contributed by atoms with E-state index in [0.717, 1.165) is 45.1 Å². The zero-order chi connectivity index (χ0) is 14.1. The van der Waals surface area contributed by atoms with Crippen LogP contribution >= 0.6 is 11.8 Å². The van der Waals surface area contributed by atoms with Gasteiger partial charge < -0.3 is 10.5 Å². The Labute approximate surface area is 126 Å². The van der Waals surface area contributed by atoms with Crippen LogP contribution in [0.2, 0.25) is 0 Å². The van der Waals surface area contributed by atoms with Crippen LogP contribution in [0.3, 0.4) is 0 Å². The van der Waals surface area contributed by atoms with E-state index < -0.39 is 0 Å². The molecule has 0 aromatic heterocycles. The fraction of sp³-hybridized carbons (Fsp3) is 0.938. The lowest BCUT2D eigenvalue weighted by atomic mass is 9.77. The van der Waals surface area contributed by atoms with Crippen molar-refractivity contribution in [2.75, 3.05) is 18.1 Å². The van der Waals surface area contributed by atoms with E-state index >= 15 is 0 Å². The average Bonchev–Trinajstić information content (AvgIpc) is 2.86. The van der Waals surface area contributed by atoms with E-state index in [0.29, 0.717) is 12.2 Å². The molecule has 2 N–H and O–H groups in total. The van der Waals surface area contributed by atoms with Crippen molar-refractivity contribution < 1.29 is 9.53 Å². The molecule has 2 saturated heterocycles. The molecule has 2 heterocycles. The highest BCUT2D eigenvalue weighted by atomic mass is 32.2. The van der Waals surface area contributed by atoms with Crippen molar-refractivity contribution >= 4 is 17.5 Å². The number of carbonyl (C=O) groups excluding carboxylic acids is 1. The minimum atomic E-state index is -0.190. The lowest BCUT2D eigenvalue weighted by molar-refractivity contribution is -0.139. The van der Waals surface area contributed by atoms with Crippen LogP contribution in [0.5, 0.6) is 0 Å². The lowest BCUT2D eigenvalue weighted by Gasteiger charge is -2.43. The molecule has 3 aliphatic rings. The second kappa shape index (κ2) is 5.98. The molecule has 0 radical (unpaired) electrons. The van der Waals surface area contributed by atoms with Crippen molar-refractivity contribution in [2.45, 2.75) is 68.9 Å². The van der Waals surface area contributed by atoms with Crippen molar-refractivity contribution in [2.24, 2.45) is 11.7 Å². The van der Waals surface area contributed by atoms with E-state index in [4.69, 9.17) is 10.5 Å². The Morgan fingerprint density at radius 3 is 2.60 bits per heavy atom. The molecule has 4 heteroatoms. The number of hydrogen-bond acceptors (Lipinski definition) is 4. The van der Waals surface area contributed by atoms with Gasteiger partial charge in [0.15, 0.2) is 0 Å². The van der Waals surface area contributed by atoms with E-state index in [9.17, 15) is 4.79 Å². The maximum atomic E-state index is 12.6. The van der Waals surface area contributed by atoms with Gasteiger partial charge in [-0.25, -0.2) is 0 Å². The number of rotatable bonds is 3. The Balaban J connectivity index is 1.60. The summed E-state index contributed by atoms with van der Waals surface area (Å²) in [5.74, 6) is 2.98. The van der Waals surface area contributed by atoms with Gasteiger partial charge in [0.2, 0.25) is 0 Å². The summed E-state index contributed by atoms with van der Waals surface area (Å²) in [5.41, 5.74) is 6.21. The highest BCUT2D eigenvalue weighted by Gasteiger charge is 2.42. The SMILES string of the molecule is NC1(CC(=O)C2CCOC3(CCSCC3)C2)CCCC1. The Morgan fingerprint density at radius 1 is 1.20 bits per heavy atom. The number of carbonyl (C=O) groups is 1. The summed E-state index contributed by atoms with van der Waals surface area (Å²) in [4.78, 5) is 12.6. The zero-order valence-electron chi connectivity index (χ0n) is 12.4. The molecule has 1 saturated carbocycles. The number of thioether (sulfide) groups is 1. The Kier molecular flexibility index (Phi) is 4.44. The third kappa shape index (κ3) is 3.23. The second-order valence-electron chi connectivity index (χ2n) is 7.05. The van der Waals surface area contributed by atoms with Gasteiger partial charge in [-0.1, -0.05) is 12.8 Å². The molecule has 2 aliphatic heterocycles. The van der Waals surface area contributed by atoms with E-state index in [1.54, 1.807) is 0 Å². The predicted octanol–water partition coefficient (Wildman–Crippen LogP) is 2.91.